The van der Waals surface area contributed by atoms with Crippen LogP contribution < -0.4 is 14.8 Å². The van der Waals surface area contributed by atoms with E-state index in [2.05, 4.69) is 31.2 Å². The number of nitrogens with one attached hydrogen (secondary N) is 1. The van der Waals surface area contributed by atoms with Gasteiger partial charge in [0.2, 0.25) is 11.8 Å². The maximum atomic E-state index is 5.41. The summed E-state index contributed by atoms with van der Waals surface area (Å²) in [6.45, 7) is 3.09. The third kappa shape index (κ3) is 3.84. The molecule has 0 spiro atoms. The maximum Gasteiger partial charge on any atom is 0.232 e. The van der Waals surface area contributed by atoms with Crippen molar-refractivity contribution in [3.8, 4) is 11.6 Å². The summed E-state index contributed by atoms with van der Waals surface area (Å²) < 4.78 is 11.3. The van der Waals surface area contributed by atoms with Gasteiger partial charge in [-0.15, -0.1) is 0 Å². The third-order valence-corrected chi connectivity index (χ3v) is 3.12. The van der Waals surface area contributed by atoms with Gasteiger partial charge in [-0.1, -0.05) is 12.1 Å². The zero-order chi connectivity index (χ0) is 14.4. The number of nitrogens with zero attached hydrogens (tertiary/aromatic N) is 2. The first-order chi connectivity index (χ1) is 9.72. The molecule has 106 valence electrons. The Balaban J connectivity index is 2.04. The zero-order valence-corrected chi connectivity index (χ0v) is 13.0. The van der Waals surface area contributed by atoms with Crippen molar-refractivity contribution in [2.24, 2.45) is 0 Å². The number of methoxy groups -OCH3 is 1. The highest BCUT2D eigenvalue weighted by Gasteiger charge is 2.05. The van der Waals surface area contributed by atoms with Crippen LogP contribution in [-0.4, -0.2) is 23.7 Å². The third-order valence-electron chi connectivity index (χ3n) is 2.58. The summed E-state index contributed by atoms with van der Waals surface area (Å²) in [4.78, 5) is 8.50. The molecule has 1 heterocycles. The van der Waals surface area contributed by atoms with E-state index in [1.54, 1.807) is 13.3 Å². The Morgan fingerprint density at radius 2 is 2.20 bits per heavy atom. The van der Waals surface area contributed by atoms with Crippen molar-refractivity contribution in [1.82, 2.24) is 9.97 Å². The van der Waals surface area contributed by atoms with Crippen molar-refractivity contribution in [1.29, 1.82) is 0 Å². The van der Waals surface area contributed by atoms with Crippen LogP contribution in [0.25, 0.3) is 0 Å². The molecule has 20 heavy (non-hydrogen) atoms. The van der Waals surface area contributed by atoms with Gasteiger partial charge in [0.15, 0.2) is 0 Å². The first-order valence-corrected chi connectivity index (χ1v) is 7.04. The Morgan fingerprint density at radius 1 is 1.35 bits per heavy atom. The van der Waals surface area contributed by atoms with E-state index in [1.807, 2.05) is 31.2 Å². The van der Waals surface area contributed by atoms with Gasteiger partial charge in [0.1, 0.15) is 5.75 Å². The molecule has 2 aromatic rings. The fourth-order valence-electron chi connectivity index (χ4n) is 1.64. The highest BCUT2D eigenvalue weighted by atomic mass is 79.9. The Kier molecular flexibility index (Phi) is 5.17. The van der Waals surface area contributed by atoms with Crippen molar-refractivity contribution in [2.75, 3.05) is 19.0 Å². The molecule has 0 saturated heterocycles. The van der Waals surface area contributed by atoms with Crippen LogP contribution in [0.4, 0.5) is 5.95 Å². The Bertz CT molecular complexity index is 578. The van der Waals surface area contributed by atoms with Crippen molar-refractivity contribution < 1.29 is 9.47 Å². The van der Waals surface area contributed by atoms with Gasteiger partial charge in [-0.3, -0.25) is 0 Å². The molecule has 0 saturated carbocycles. The lowest BCUT2D eigenvalue weighted by Gasteiger charge is -2.09. The fraction of sp³-hybridized carbons (Fsp3) is 0.286. The zero-order valence-electron chi connectivity index (χ0n) is 11.4. The van der Waals surface area contributed by atoms with Crippen LogP contribution in [0.1, 0.15) is 12.5 Å². The van der Waals surface area contributed by atoms with E-state index >= 15 is 0 Å². The molecule has 1 aromatic heterocycles. The van der Waals surface area contributed by atoms with E-state index in [0.717, 1.165) is 15.8 Å². The van der Waals surface area contributed by atoms with E-state index in [4.69, 9.17) is 9.47 Å². The molecule has 6 heteroatoms. The largest absolute Gasteiger partial charge is 0.497 e. The van der Waals surface area contributed by atoms with Crippen LogP contribution in [0.3, 0.4) is 0 Å². The van der Waals surface area contributed by atoms with Crippen molar-refractivity contribution in [3.05, 3.63) is 40.5 Å². The van der Waals surface area contributed by atoms with Crippen molar-refractivity contribution in [2.45, 2.75) is 13.5 Å². The molecule has 0 radical (unpaired) electrons. The number of anilines is 1. The molecule has 0 amide bonds. The average Bonchev–Trinajstić information content (AvgIpc) is 2.48. The number of benzene rings is 1. The van der Waals surface area contributed by atoms with Gasteiger partial charge in [0.05, 0.1) is 24.4 Å². The van der Waals surface area contributed by atoms with E-state index in [0.29, 0.717) is 25.0 Å². The summed E-state index contributed by atoms with van der Waals surface area (Å²) >= 11 is 3.35. The van der Waals surface area contributed by atoms with Gasteiger partial charge in [-0.2, -0.15) is 4.98 Å². The highest BCUT2D eigenvalue weighted by molar-refractivity contribution is 9.10. The first-order valence-electron chi connectivity index (χ1n) is 6.25. The van der Waals surface area contributed by atoms with Crippen LogP contribution >= 0.6 is 15.9 Å². The first kappa shape index (κ1) is 14.6. The minimum Gasteiger partial charge on any atom is -0.497 e. The van der Waals surface area contributed by atoms with Crippen LogP contribution in [0, 0.1) is 0 Å². The van der Waals surface area contributed by atoms with Crippen LogP contribution in [-0.2, 0) is 6.54 Å². The van der Waals surface area contributed by atoms with E-state index in [-0.39, 0.29) is 0 Å². The topological polar surface area (TPSA) is 56.3 Å². The molecule has 1 N–H and O–H groups in total. The molecule has 0 bridgehead atoms. The monoisotopic (exact) mass is 337 g/mol. The number of ether oxygens (including phenoxy) is 2. The molecule has 5 nitrogen and oxygen atoms in total. The average molecular weight is 338 g/mol. The standard InChI is InChI=1S/C14H16BrN3O2/c1-3-20-13-12(15)9-17-14(18-13)16-8-10-5-4-6-11(7-10)19-2/h4-7,9H,3,8H2,1-2H3,(H,16,17,18). The summed E-state index contributed by atoms with van der Waals surface area (Å²) in [6, 6.07) is 7.84. The molecule has 1 aromatic carbocycles. The second-order valence-electron chi connectivity index (χ2n) is 3.98. The van der Waals surface area contributed by atoms with Gasteiger partial charge in [-0.05, 0) is 40.5 Å². The minimum absolute atomic E-state index is 0.527. The quantitative estimate of drug-likeness (QED) is 0.876. The number of rotatable bonds is 6. The molecular formula is C14H16BrN3O2. The van der Waals surface area contributed by atoms with Crippen molar-refractivity contribution in [3.63, 3.8) is 0 Å². The Hall–Kier alpha value is -1.82. The van der Waals surface area contributed by atoms with Crippen molar-refractivity contribution >= 4 is 21.9 Å². The lowest BCUT2D eigenvalue weighted by molar-refractivity contribution is 0.324. The normalized spacial score (nSPS) is 10.2. The number of halogens is 1. The van der Waals surface area contributed by atoms with Crippen LogP contribution in [0.5, 0.6) is 11.6 Å². The molecule has 0 aliphatic heterocycles. The lowest BCUT2D eigenvalue weighted by Crippen LogP contribution is -2.05. The summed E-state index contributed by atoms with van der Waals surface area (Å²) in [5.41, 5.74) is 1.09. The van der Waals surface area contributed by atoms with Gasteiger partial charge >= 0.3 is 0 Å². The SMILES string of the molecule is CCOc1nc(NCc2cccc(OC)c2)ncc1Br. The molecular weight excluding hydrogens is 322 g/mol. The summed E-state index contributed by atoms with van der Waals surface area (Å²) in [5.74, 6) is 1.89. The number of hydrogen-bond acceptors (Lipinski definition) is 5. The molecule has 0 aliphatic rings. The van der Waals surface area contributed by atoms with Crippen LogP contribution in [0.2, 0.25) is 0 Å². The Labute approximate surface area is 126 Å². The minimum atomic E-state index is 0.527. The molecule has 0 aliphatic carbocycles. The van der Waals surface area contributed by atoms with Gasteiger partial charge in [-0.25, -0.2) is 4.98 Å². The molecule has 2 rings (SSSR count). The lowest BCUT2D eigenvalue weighted by atomic mass is 10.2. The summed E-state index contributed by atoms with van der Waals surface area (Å²) in [5, 5.41) is 3.16. The van der Waals surface area contributed by atoms with Gasteiger partial charge in [0.25, 0.3) is 0 Å². The van der Waals surface area contributed by atoms with Gasteiger partial charge in [0, 0.05) is 6.54 Å². The molecule has 0 atom stereocenters. The molecule has 0 fully saturated rings. The van der Waals surface area contributed by atoms with E-state index in [9.17, 15) is 0 Å². The fourth-order valence-corrected chi connectivity index (χ4v) is 1.94. The summed E-state index contributed by atoms with van der Waals surface area (Å²) in [6.07, 6.45) is 1.67. The maximum absolute atomic E-state index is 5.41. The smallest absolute Gasteiger partial charge is 0.232 e. The second kappa shape index (κ2) is 7.09. The number of aromatic nitrogens is 2. The second-order valence-corrected chi connectivity index (χ2v) is 4.84. The summed E-state index contributed by atoms with van der Waals surface area (Å²) in [7, 11) is 1.65. The predicted molar refractivity (Wildman–Crippen MR) is 81.2 cm³/mol. The van der Waals surface area contributed by atoms with Crippen LogP contribution in [0.15, 0.2) is 34.9 Å². The van der Waals surface area contributed by atoms with E-state index in [1.165, 1.54) is 0 Å². The highest BCUT2D eigenvalue weighted by Crippen LogP contribution is 2.22. The van der Waals surface area contributed by atoms with E-state index < -0.39 is 0 Å². The van der Waals surface area contributed by atoms with Gasteiger partial charge < -0.3 is 14.8 Å². The molecule has 0 unspecified atom stereocenters. The number of hydrogen-bond donors (Lipinski definition) is 1. The predicted octanol–water partition coefficient (Wildman–Crippen LogP) is 3.26. The Morgan fingerprint density at radius 3 is 2.95 bits per heavy atom.